The molecule has 4 heterocycles. The van der Waals surface area contributed by atoms with E-state index in [1.807, 2.05) is 24.3 Å². The van der Waals surface area contributed by atoms with E-state index in [9.17, 15) is 14.4 Å². The van der Waals surface area contributed by atoms with Crippen molar-refractivity contribution in [1.82, 2.24) is 19.7 Å². The van der Waals surface area contributed by atoms with Gasteiger partial charge in [-0.15, -0.1) is 5.10 Å². The van der Waals surface area contributed by atoms with Crippen LogP contribution in [0.1, 0.15) is 71.4 Å². The van der Waals surface area contributed by atoms with Gasteiger partial charge in [0.15, 0.2) is 17.5 Å². The van der Waals surface area contributed by atoms with Crippen LogP contribution in [-0.2, 0) is 24.4 Å². The summed E-state index contributed by atoms with van der Waals surface area (Å²) in [6.07, 6.45) is 1.31. The molecule has 2 fully saturated rings. The molecular formula is C38H45N7O8. The van der Waals surface area contributed by atoms with Gasteiger partial charge in [0, 0.05) is 31.0 Å². The number of carbonyl (C=O) groups is 3. The molecule has 1 spiro atoms. The van der Waals surface area contributed by atoms with E-state index in [1.165, 1.54) is 11.0 Å². The Hall–Kier alpha value is -5.44. The highest BCUT2D eigenvalue weighted by Crippen LogP contribution is 2.67. The fourth-order valence-corrected chi connectivity index (χ4v) is 7.13. The van der Waals surface area contributed by atoms with E-state index in [1.54, 1.807) is 67.9 Å². The molecule has 1 saturated heterocycles. The van der Waals surface area contributed by atoms with E-state index in [0.29, 0.717) is 77.3 Å². The summed E-state index contributed by atoms with van der Waals surface area (Å²) < 4.78 is 29.6. The molecule has 7 rings (SSSR count). The number of benzene rings is 2. The van der Waals surface area contributed by atoms with Crippen LogP contribution in [0.25, 0.3) is 10.9 Å². The molecule has 1 aliphatic carbocycles. The maximum atomic E-state index is 14.3. The van der Waals surface area contributed by atoms with Gasteiger partial charge in [-0.1, -0.05) is 6.07 Å². The predicted molar refractivity (Wildman–Crippen MR) is 197 cm³/mol. The molecule has 0 radical (unpaired) electrons. The van der Waals surface area contributed by atoms with Crippen molar-refractivity contribution in [2.45, 2.75) is 76.9 Å². The fourth-order valence-electron chi connectivity index (χ4n) is 7.13. The minimum absolute atomic E-state index is 0.321. The van der Waals surface area contributed by atoms with Crippen molar-refractivity contribution in [3.05, 3.63) is 53.9 Å². The van der Waals surface area contributed by atoms with Crippen molar-refractivity contribution in [1.29, 1.82) is 0 Å². The standard InChI is InChI=1S/C38H45N7O8/c1-36(2,3)52-34(47)44-27-13-11-23(49-7)19-25(27)38(33(44)46)20-26(38)22-10-12-24-28(18-22)45(35(48)53-37(4,5)6)42-30(24)41-31-29(50-8)32(40-21-39-31)43-14-9-16-51-17-15-43/h10-13,18-19,21,26H,9,14-17,20H2,1-8H3,(H,39,40,41,42)/t26-,38-/m0/s1. The molecule has 2 aliphatic heterocycles. The average Bonchev–Trinajstić information content (AvgIpc) is 3.77. The summed E-state index contributed by atoms with van der Waals surface area (Å²) in [4.78, 5) is 53.7. The van der Waals surface area contributed by atoms with Gasteiger partial charge >= 0.3 is 12.2 Å². The molecule has 2 atom stereocenters. The number of anilines is 4. The Bertz CT molecular complexity index is 2090. The normalized spacial score (nSPS) is 19.9. The lowest BCUT2D eigenvalue weighted by Crippen LogP contribution is -2.41. The van der Waals surface area contributed by atoms with Gasteiger partial charge in [0.05, 0.1) is 37.4 Å². The Kier molecular flexibility index (Phi) is 8.95. The van der Waals surface area contributed by atoms with Crippen molar-refractivity contribution in [3.63, 3.8) is 0 Å². The van der Waals surface area contributed by atoms with Crippen molar-refractivity contribution in [3.8, 4) is 11.5 Å². The van der Waals surface area contributed by atoms with Gasteiger partial charge in [-0.2, -0.15) is 4.68 Å². The Morgan fingerprint density at radius 1 is 0.906 bits per heavy atom. The van der Waals surface area contributed by atoms with Crippen LogP contribution in [0, 0.1) is 0 Å². The van der Waals surface area contributed by atoms with E-state index in [2.05, 4.69) is 25.3 Å². The molecule has 3 aliphatic rings. The van der Waals surface area contributed by atoms with Crippen LogP contribution in [0.15, 0.2) is 42.7 Å². The number of rotatable bonds is 6. The Morgan fingerprint density at radius 2 is 1.66 bits per heavy atom. The van der Waals surface area contributed by atoms with Crippen LogP contribution in [0.5, 0.6) is 11.5 Å². The van der Waals surface area contributed by atoms with Gasteiger partial charge in [0.25, 0.3) is 0 Å². The molecule has 0 bridgehead atoms. The van der Waals surface area contributed by atoms with Crippen LogP contribution in [-0.4, -0.2) is 89.6 Å². The third-order valence-electron chi connectivity index (χ3n) is 9.47. The first-order valence-corrected chi connectivity index (χ1v) is 17.7. The van der Waals surface area contributed by atoms with Gasteiger partial charge in [-0.25, -0.2) is 24.5 Å². The molecule has 2 aromatic heterocycles. The number of nitrogens with zero attached hydrogens (tertiary/aromatic N) is 6. The zero-order valence-corrected chi connectivity index (χ0v) is 31.3. The first-order valence-electron chi connectivity index (χ1n) is 17.7. The summed E-state index contributed by atoms with van der Waals surface area (Å²) in [5.41, 5.74) is -0.249. The van der Waals surface area contributed by atoms with Crippen LogP contribution < -0.4 is 24.6 Å². The molecular weight excluding hydrogens is 682 g/mol. The number of fused-ring (bicyclic) bond motifs is 3. The zero-order chi connectivity index (χ0) is 37.9. The monoisotopic (exact) mass is 727 g/mol. The zero-order valence-electron chi connectivity index (χ0n) is 31.3. The third kappa shape index (κ3) is 6.58. The smallest absolute Gasteiger partial charge is 0.435 e. The third-order valence-corrected chi connectivity index (χ3v) is 9.47. The molecule has 280 valence electrons. The summed E-state index contributed by atoms with van der Waals surface area (Å²) in [5.74, 6) is 1.62. The summed E-state index contributed by atoms with van der Waals surface area (Å²) in [6, 6.07) is 10.9. The minimum atomic E-state index is -1.03. The largest absolute Gasteiger partial charge is 0.497 e. The number of methoxy groups -OCH3 is 2. The van der Waals surface area contributed by atoms with Crippen molar-refractivity contribution in [2.24, 2.45) is 0 Å². The predicted octanol–water partition coefficient (Wildman–Crippen LogP) is 6.30. The van der Waals surface area contributed by atoms with Gasteiger partial charge in [0.2, 0.25) is 11.7 Å². The number of aromatic nitrogens is 4. The second kappa shape index (κ2) is 13.2. The summed E-state index contributed by atoms with van der Waals surface area (Å²) in [7, 11) is 3.11. The van der Waals surface area contributed by atoms with E-state index in [4.69, 9.17) is 23.7 Å². The lowest BCUT2D eigenvalue weighted by atomic mass is 9.91. The van der Waals surface area contributed by atoms with Gasteiger partial charge < -0.3 is 33.9 Å². The van der Waals surface area contributed by atoms with Crippen LogP contribution in [0.4, 0.5) is 32.7 Å². The molecule has 1 N–H and O–H groups in total. The highest BCUT2D eigenvalue weighted by molar-refractivity contribution is 6.23. The number of imide groups is 1. The highest BCUT2D eigenvalue weighted by atomic mass is 16.6. The SMILES string of the molecule is COc1ccc2c(c1)[C@]1(C[C@H]1c1ccc3c(Nc4ncnc(N5CCCOCC5)c4OC)nn(C(=O)OC(C)(C)C)c3c1)C(=O)N2C(=O)OC(C)(C)C. The van der Waals surface area contributed by atoms with E-state index < -0.39 is 28.8 Å². The van der Waals surface area contributed by atoms with Gasteiger partial charge in [-0.3, -0.25) is 4.79 Å². The summed E-state index contributed by atoms with van der Waals surface area (Å²) in [6.45, 7) is 13.2. The molecule has 2 aromatic carbocycles. The van der Waals surface area contributed by atoms with Crippen LogP contribution in [0.2, 0.25) is 0 Å². The Labute approximate surface area is 307 Å². The maximum absolute atomic E-state index is 14.3. The first kappa shape index (κ1) is 35.9. The Balaban J connectivity index is 1.29. The maximum Gasteiger partial charge on any atom is 0.435 e. The lowest BCUT2D eigenvalue weighted by molar-refractivity contribution is -0.120. The topological polar surface area (TPSA) is 159 Å². The van der Waals surface area contributed by atoms with E-state index >= 15 is 0 Å². The van der Waals surface area contributed by atoms with E-state index in [-0.39, 0.29) is 11.8 Å². The molecule has 2 amide bonds. The Morgan fingerprint density at radius 3 is 2.38 bits per heavy atom. The van der Waals surface area contributed by atoms with Crippen molar-refractivity contribution >= 4 is 52.1 Å². The molecule has 0 unspecified atom stereocenters. The number of ether oxygens (including phenoxy) is 5. The van der Waals surface area contributed by atoms with Gasteiger partial charge in [0.1, 0.15) is 23.3 Å². The number of nitrogens with one attached hydrogen (secondary N) is 1. The van der Waals surface area contributed by atoms with Crippen molar-refractivity contribution in [2.75, 3.05) is 55.6 Å². The number of hydrogen-bond acceptors (Lipinski definition) is 13. The number of amides is 2. The minimum Gasteiger partial charge on any atom is -0.497 e. The molecule has 53 heavy (non-hydrogen) atoms. The molecule has 15 nitrogen and oxygen atoms in total. The highest BCUT2D eigenvalue weighted by Gasteiger charge is 2.68. The van der Waals surface area contributed by atoms with E-state index in [0.717, 1.165) is 23.4 Å². The summed E-state index contributed by atoms with van der Waals surface area (Å²) >= 11 is 0. The molecule has 4 aromatic rings. The first-order chi connectivity index (χ1) is 25.1. The van der Waals surface area contributed by atoms with Crippen molar-refractivity contribution < 1.29 is 38.1 Å². The summed E-state index contributed by atoms with van der Waals surface area (Å²) in [5, 5.41) is 8.57. The fraction of sp³-hybridized carbons (Fsp3) is 0.474. The lowest BCUT2D eigenvalue weighted by Gasteiger charge is -2.24. The van der Waals surface area contributed by atoms with Gasteiger partial charge in [-0.05, 0) is 95.8 Å². The van der Waals surface area contributed by atoms with Crippen LogP contribution >= 0.6 is 0 Å². The van der Waals surface area contributed by atoms with Crippen LogP contribution in [0.3, 0.4) is 0 Å². The second-order valence-corrected chi connectivity index (χ2v) is 15.4. The number of carbonyl (C=O) groups excluding carboxylic acids is 3. The quantitative estimate of drug-likeness (QED) is 0.236. The number of hydrogen-bond donors (Lipinski definition) is 1. The second-order valence-electron chi connectivity index (χ2n) is 15.4. The average molecular weight is 728 g/mol. The molecule has 15 heteroatoms. The molecule has 1 saturated carbocycles.